The van der Waals surface area contributed by atoms with Gasteiger partial charge in [0.2, 0.25) is 5.60 Å². The molecule has 0 spiro atoms. The van der Waals surface area contributed by atoms with E-state index in [1.807, 2.05) is 31.2 Å². The summed E-state index contributed by atoms with van der Waals surface area (Å²) in [5, 5.41) is 18.2. The second kappa shape index (κ2) is 7.98. The predicted molar refractivity (Wildman–Crippen MR) is 111 cm³/mol. The van der Waals surface area contributed by atoms with Crippen molar-refractivity contribution in [2.75, 3.05) is 0 Å². The number of pyridine rings is 1. The van der Waals surface area contributed by atoms with E-state index in [4.69, 9.17) is 0 Å². The average Bonchev–Trinajstić information content (AvgIpc) is 3.21. The maximum atomic E-state index is 13.3. The Morgan fingerprint density at radius 3 is 2.41 bits per heavy atom. The molecular weight excluding hydrogens is 424 g/mol. The summed E-state index contributed by atoms with van der Waals surface area (Å²) in [6.45, 7) is 3.25. The van der Waals surface area contributed by atoms with E-state index in [-0.39, 0.29) is 12.4 Å². The van der Waals surface area contributed by atoms with Crippen molar-refractivity contribution in [3.63, 3.8) is 0 Å². The fourth-order valence-corrected chi connectivity index (χ4v) is 3.65. The fraction of sp³-hybridized carbons (Fsp3) is 0.261. The Balaban J connectivity index is 1.67. The first-order chi connectivity index (χ1) is 15.1. The molecule has 32 heavy (non-hydrogen) atoms. The van der Waals surface area contributed by atoms with Gasteiger partial charge in [0.25, 0.3) is 0 Å². The third kappa shape index (κ3) is 3.95. The molecule has 0 aliphatic rings. The van der Waals surface area contributed by atoms with Crippen LogP contribution in [0.25, 0.3) is 22.0 Å². The van der Waals surface area contributed by atoms with Crippen LogP contribution in [-0.2, 0) is 12.1 Å². The highest BCUT2D eigenvalue weighted by Crippen LogP contribution is 2.40. The Kier molecular flexibility index (Phi) is 5.46. The molecule has 5 nitrogen and oxygen atoms in total. The van der Waals surface area contributed by atoms with Gasteiger partial charge in [-0.05, 0) is 54.3 Å². The Bertz CT molecular complexity index is 1270. The number of halogens is 4. The lowest BCUT2D eigenvalue weighted by Crippen LogP contribution is -2.42. The summed E-state index contributed by atoms with van der Waals surface area (Å²) in [6, 6.07) is 13.6. The molecular formula is C23H20F4N4O. The number of aromatic nitrogens is 4. The molecule has 4 rings (SSSR count). The number of aliphatic hydroxyl groups is 1. The van der Waals surface area contributed by atoms with Crippen molar-refractivity contribution in [1.29, 1.82) is 0 Å². The molecule has 4 aromatic rings. The molecule has 0 amide bonds. The van der Waals surface area contributed by atoms with Crippen LogP contribution in [0.5, 0.6) is 0 Å². The van der Waals surface area contributed by atoms with Crippen molar-refractivity contribution in [2.45, 2.75) is 38.6 Å². The zero-order valence-corrected chi connectivity index (χ0v) is 17.4. The molecule has 0 aliphatic carbocycles. The Hall–Kier alpha value is -3.33. The highest BCUT2D eigenvalue weighted by atomic mass is 19.4. The smallest absolute Gasteiger partial charge is 0.375 e. The van der Waals surface area contributed by atoms with Gasteiger partial charge in [-0.2, -0.15) is 13.2 Å². The van der Waals surface area contributed by atoms with Crippen molar-refractivity contribution < 1.29 is 22.7 Å². The Labute approximate surface area is 181 Å². The molecule has 1 atom stereocenters. The van der Waals surface area contributed by atoms with Crippen LogP contribution in [0.4, 0.5) is 17.6 Å². The van der Waals surface area contributed by atoms with E-state index in [1.165, 1.54) is 23.7 Å². The molecule has 0 aliphatic heterocycles. The van der Waals surface area contributed by atoms with Gasteiger partial charge in [0, 0.05) is 11.1 Å². The summed E-state index contributed by atoms with van der Waals surface area (Å²) >= 11 is 0. The lowest BCUT2D eigenvalue weighted by molar-refractivity contribution is -0.269. The Morgan fingerprint density at radius 2 is 1.75 bits per heavy atom. The lowest BCUT2D eigenvalue weighted by atomic mass is 9.96. The molecule has 1 N–H and O–H groups in total. The average molecular weight is 444 g/mol. The molecule has 2 aromatic carbocycles. The number of hydrogen-bond donors (Lipinski definition) is 1. The highest BCUT2D eigenvalue weighted by molar-refractivity contribution is 5.95. The van der Waals surface area contributed by atoms with E-state index in [9.17, 15) is 22.7 Å². The SMILES string of the molecule is CC[C@](O)(c1cn(Cc2ccc3c(-c4ccc(F)cc4)cc(C)nc3c2)nn1)C(F)(F)F. The largest absolute Gasteiger partial charge is 0.423 e. The van der Waals surface area contributed by atoms with Gasteiger partial charge in [-0.1, -0.05) is 36.4 Å². The summed E-state index contributed by atoms with van der Waals surface area (Å²) < 4.78 is 54.4. The van der Waals surface area contributed by atoms with Crippen LogP contribution in [0.2, 0.25) is 0 Å². The third-order valence-electron chi connectivity index (χ3n) is 5.45. The van der Waals surface area contributed by atoms with Gasteiger partial charge in [-0.15, -0.1) is 5.10 Å². The van der Waals surface area contributed by atoms with Gasteiger partial charge in [-0.3, -0.25) is 4.98 Å². The summed E-state index contributed by atoms with van der Waals surface area (Å²) in [6.07, 6.45) is -4.32. The lowest BCUT2D eigenvalue weighted by Gasteiger charge is -2.26. The van der Waals surface area contributed by atoms with Crippen LogP contribution in [0.3, 0.4) is 0 Å². The summed E-state index contributed by atoms with van der Waals surface area (Å²) in [4.78, 5) is 4.56. The number of benzene rings is 2. The van der Waals surface area contributed by atoms with E-state index in [0.717, 1.165) is 34.0 Å². The van der Waals surface area contributed by atoms with Crippen LogP contribution in [-0.4, -0.2) is 31.3 Å². The number of aryl methyl sites for hydroxylation is 1. The van der Waals surface area contributed by atoms with Crippen LogP contribution in [0.15, 0.2) is 54.7 Å². The summed E-state index contributed by atoms with van der Waals surface area (Å²) in [5.41, 5.74) is 0.391. The van der Waals surface area contributed by atoms with Gasteiger partial charge >= 0.3 is 6.18 Å². The first-order valence-electron chi connectivity index (χ1n) is 9.96. The standard InChI is InChI=1S/C23H20F4N4O/c1-3-22(32,23(25,26)27)21-13-31(30-29-21)12-15-4-9-18-19(10-14(2)28-20(18)11-15)16-5-7-17(24)8-6-16/h4-11,13,32H,3,12H2,1-2H3/t22-/m0/s1. The number of alkyl halides is 3. The molecule has 9 heteroatoms. The first-order valence-corrected chi connectivity index (χ1v) is 9.96. The van der Waals surface area contributed by atoms with Crippen molar-refractivity contribution >= 4 is 10.9 Å². The third-order valence-corrected chi connectivity index (χ3v) is 5.45. The van der Waals surface area contributed by atoms with Crippen LogP contribution >= 0.6 is 0 Å². The molecule has 166 valence electrons. The van der Waals surface area contributed by atoms with Crippen molar-refractivity contribution in [3.8, 4) is 11.1 Å². The minimum atomic E-state index is -4.86. The maximum Gasteiger partial charge on any atom is 0.423 e. The monoisotopic (exact) mass is 444 g/mol. The van der Waals surface area contributed by atoms with Crippen molar-refractivity contribution in [1.82, 2.24) is 20.0 Å². The van der Waals surface area contributed by atoms with E-state index < -0.39 is 23.9 Å². The van der Waals surface area contributed by atoms with E-state index in [0.29, 0.717) is 5.52 Å². The minimum Gasteiger partial charge on any atom is -0.375 e. The van der Waals surface area contributed by atoms with Crippen molar-refractivity contribution in [2.24, 2.45) is 0 Å². The number of rotatable bonds is 5. The summed E-state index contributed by atoms with van der Waals surface area (Å²) in [7, 11) is 0. The molecule has 0 fully saturated rings. The zero-order chi connectivity index (χ0) is 23.1. The molecule has 0 bridgehead atoms. The molecule has 2 aromatic heterocycles. The van der Waals surface area contributed by atoms with E-state index >= 15 is 0 Å². The molecule has 0 unspecified atom stereocenters. The molecule has 0 saturated carbocycles. The number of hydrogen-bond acceptors (Lipinski definition) is 4. The zero-order valence-electron chi connectivity index (χ0n) is 17.4. The van der Waals surface area contributed by atoms with Gasteiger partial charge in [-0.25, -0.2) is 9.07 Å². The van der Waals surface area contributed by atoms with E-state index in [1.54, 1.807) is 12.1 Å². The predicted octanol–water partition coefficient (Wildman–Crippen LogP) is 5.15. The minimum absolute atomic E-state index is 0.155. The molecule has 0 saturated heterocycles. The van der Waals surface area contributed by atoms with E-state index in [2.05, 4.69) is 15.3 Å². The van der Waals surface area contributed by atoms with Crippen LogP contribution in [0, 0.1) is 12.7 Å². The second-order valence-corrected chi connectivity index (χ2v) is 7.68. The molecule has 0 radical (unpaired) electrons. The van der Waals surface area contributed by atoms with Gasteiger partial charge in [0.1, 0.15) is 11.5 Å². The quantitative estimate of drug-likeness (QED) is 0.433. The Morgan fingerprint density at radius 1 is 1.03 bits per heavy atom. The maximum absolute atomic E-state index is 13.3. The second-order valence-electron chi connectivity index (χ2n) is 7.68. The highest BCUT2D eigenvalue weighted by Gasteiger charge is 2.55. The van der Waals surface area contributed by atoms with Crippen LogP contribution < -0.4 is 0 Å². The summed E-state index contributed by atoms with van der Waals surface area (Å²) in [5.74, 6) is -0.321. The molecule has 2 heterocycles. The first kappa shape index (κ1) is 21.9. The number of fused-ring (bicyclic) bond motifs is 1. The van der Waals surface area contributed by atoms with Crippen molar-refractivity contribution in [3.05, 3.63) is 77.5 Å². The number of nitrogens with zero attached hydrogens (tertiary/aromatic N) is 4. The van der Waals surface area contributed by atoms with Gasteiger partial charge < -0.3 is 5.11 Å². The van der Waals surface area contributed by atoms with Crippen LogP contribution in [0.1, 0.15) is 30.3 Å². The van der Waals surface area contributed by atoms with Gasteiger partial charge in [0.05, 0.1) is 18.3 Å². The fourth-order valence-electron chi connectivity index (χ4n) is 3.65. The normalized spacial score (nSPS) is 14.0. The topological polar surface area (TPSA) is 63.8 Å². The van der Waals surface area contributed by atoms with Gasteiger partial charge in [0.15, 0.2) is 0 Å².